The molecule has 4 atom stereocenters. The smallest absolute Gasteiger partial charge is 0.332 e. The van der Waals surface area contributed by atoms with E-state index < -0.39 is 18.2 Å². The molecule has 2 unspecified atom stereocenters. The lowest BCUT2D eigenvalue weighted by atomic mass is 9.98. The van der Waals surface area contributed by atoms with Crippen molar-refractivity contribution in [1.82, 2.24) is 4.90 Å². The minimum absolute atomic E-state index is 0.0101. The van der Waals surface area contributed by atoms with Crippen LogP contribution >= 0.6 is 0 Å². The zero-order valence-corrected chi connectivity index (χ0v) is 12.5. The third kappa shape index (κ3) is 3.14. The van der Waals surface area contributed by atoms with Gasteiger partial charge in [-0.15, -0.1) is 0 Å². The second kappa shape index (κ2) is 6.12. The van der Waals surface area contributed by atoms with Crippen molar-refractivity contribution in [3.63, 3.8) is 0 Å². The number of amides is 1. The Balaban J connectivity index is 2.03. The van der Waals surface area contributed by atoms with Gasteiger partial charge in [0.25, 0.3) is 5.91 Å². The number of hydrogen-bond donors (Lipinski definition) is 1. The molecule has 1 amide bonds. The number of aliphatic carboxylic acids is 1. The van der Waals surface area contributed by atoms with Crippen LogP contribution in [0.4, 0.5) is 0 Å². The van der Waals surface area contributed by atoms with Gasteiger partial charge in [0.2, 0.25) is 0 Å². The fourth-order valence-corrected chi connectivity index (χ4v) is 2.85. The Labute approximate surface area is 120 Å². The van der Waals surface area contributed by atoms with Gasteiger partial charge in [0.05, 0.1) is 0 Å². The molecule has 2 fully saturated rings. The van der Waals surface area contributed by atoms with Crippen LogP contribution in [0.5, 0.6) is 0 Å². The Morgan fingerprint density at radius 1 is 1.20 bits per heavy atom. The van der Waals surface area contributed by atoms with E-state index in [4.69, 9.17) is 9.84 Å². The van der Waals surface area contributed by atoms with E-state index in [1.54, 1.807) is 0 Å². The van der Waals surface area contributed by atoms with Gasteiger partial charge < -0.3 is 14.7 Å². The monoisotopic (exact) mass is 283 g/mol. The quantitative estimate of drug-likeness (QED) is 0.810. The van der Waals surface area contributed by atoms with Crippen molar-refractivity contribution >= 4 is 11.9 Å². The molecule has 114 valence electrons. The minimum Gasteiger partial charge on any atom is -0.479 e. The van der Waals surface area contributed by atoms with E-state index in [1.807, 2.05) is 4.90 Å². The minimum atomic E-state index is -0.965. The highest BCUT2D eigenvalue weighted by Gasteiger charge is 2.43. The molecular formula is C15H25NO4. The topological polar surface area (TPSA) is 66.8 Å². The number of carbonyl (C=O) groups is 2. The van der Waals surface area contributed by atoms with E-state index in [-0.39, 0.29) is 11.9 Å². The van der Waals surface area contributed by atoms with Crippen LogP contribution < -0.4 is 0 Å². The number of hydrogen-bond acceptors (Lipinski definition) is 3. The van der Waals surface area contributed by atoms with Gasteiger partial charge in [-0.3, -0.25) is 4.79 Å². The maximum Gasteiger partial charge on any atom is 0.332 e. The molecule has 0 aromatic heterocycles. The molecule has 5 heteroatoms. The molecule has 20 heavy (non-hydrogen) atoms. The Morgan fingerprint density at radius 3 is 2.25 bits per heavy atom. The fourth-order valence-electron chi connectivity index (χ4n) is 2.85. The van der Waals surface area contributed by atoms with Crippen molar-refractivity contribution in [3.8, 4) is 0 Å². The molecule has 2 aliphatic rings. The second-order valence-corrected chi connectivity index (χ2v) is 6.13. The SMILES string of the molecule is CCC(C)C(C)N(C(=O)[C@@H]1CC[C@H](C(=O)O)O1)C1CC1. The largest absolute Gasteiger partial charge is 0.479 e. The number of nitrogens with zero attached hydrogens (tertiary/aromatic N) is 1. The highest BCUT2D eigenvalue weighted by Crippen LogP contribution is 2.34. The lowest BCUT2D eigenvalue weighted by Crippen LogP contribution is -2.48. The number of ether oxygens (including phenoxy) is 1. The van der Waals surface area contributed by atoms with Gasteiger partial charge in [0.1, 0.15) is 6.10 Å². The molecule has 0 radical (unpaired) electrons. The summed E-state index contributed by atoms with van der Waals surface area (Å²) in [6.07, 6.45) is 2.71. The normalized spacial score (nSPS) is 28.9. The molecule has 2 rings (SSSR count). The molecule has 1 aliphatic heterocycles. The van der Waals surface area contributed by atoms with Gasteiger partial charge in [-0.05, 0) is 38.5 Å². The molecule has 0 aromatic rings. The summed E-state index contributed by atoms with van der Waals surface area (Å²) in [7, 11) is 0. The van der Waals surface area contributed by atoms with Crippen molar-refractivity contribution in [3.05, 3.63) is 0 Å². The van der Waals surface area contributed by atoms with Gasteiger partial charge in [-0.25, -0.2) is 4.79 Å². The van der Waals surface area contributed by atoms with Gasteiger partial charge >= 0.3 is 5.97 Å². The first-order valence-corrected chi connectivity index (χ1v) is 7.66. The van der Waals surface area contributed by atoms with E-state index in [0.717, 1.165) is 19.3 Å². The number of carboxylic acid groups (broad SMARTS) is 1. The fraction of sp³-hybridized carbons (Fsp3) is 0.867. The Bertz CT molecular complexity index is 380. The van der Waals surface area contributed by atoms with Gasteiger partial charge in [0.15, 0.2) is 6.10 Å². The Morgan fingerprint density at radius 2 is 1.80 bits per heavy atom. The summed E-state index contributed by atoms with van der Waals surface area (Å²) in [5.41, 5.74) is 0. The van der Waals surface area contributed by atoms with Crippen molar-refractivity contribution in [2.45, 2.75) is 77.2 Å². The van der Waals surface area contributed by atoms with Crippen LogP contribution in [0.25, 0.3) is 0 Å². The summed E-state index contributed by atoms with van der Waals surface area (Å²) in [4.78, 5) is 25.6. The molecule has 1 saturated heterocycles. The van der Waals surface area contributed by atoms with Crippen LogP contribution in [0.15, 0.2) is 0 Å². The Kier molecular flexibility index (Phi) is 4.68. The van der Waals surface area contributed by atoms with E-state index in [9.17, 15) is 9.59 Å². The molecule has 0 aromatic carbocycles. The van der Waals surface area contributed by atoms with Crippen LogP contribution in [-0.2, 0) is 14.3 Å². The Hall–Kier alpha value is -1.10. The first-order chi connectivity index (χ1) is 9.45. The van der Waals surface area contributed by atoms with Gasteiger partial charge in [0, 0.05) is 12.1 Å². The number of carbonyl (C=O) groups excluding carboxylic acids is 1. The highest BCUT2D eigenvalue weighted by molar-refractivity contribution is 5.83. The van der Waals surface area contributed by atoms with E-state index in [0.29, 0.717) is 24.8 Å². The maximum absolute atomic E-state index is 12.7. The van der Waals surface area contributed by atoms with Crippen LogP contribution in [0, 0.1) is 5.92 Å². The molecule has 1 N–H and O–H groups in total. The first kappa shape index (κ1) is 15.3. The first-order valence-electron chi connectivity index (χ1n) is 7.66. The van der Waals surface area contributed by atoms with Crippen molar-refractivity contribution < 1.29 is 19.4 Å². The summed E-state index contributed by atoms with van der Waals surface area (Å²) < 4.78 is 5.42. The lowest BCUT2D eigenvalue weighted by molar-refractivity contribution is -0.156. The van der Waals surface area contributed by atoms with Crippen molar-refractivity contribution in [1.29, 1.82) is 0 Å². The predicted octanol–water partition coefficient (Wildman–Crippen LogP) is 2.04. The van der Waals surface area contributed by atoms with E-state index in [2.05, 4.69) is 20.8 Å². The molecule has 5 nitrogen and oxygen atoms in total. The summed E-state index contributed by atoms with van der Waals surface area (Å²) in [5, 5.41) is 8.96. The molecular weight excluding hydrogens is 258 g/mol. The molecule has 1 aliphatic carbocycles. The van der Waals surface area contributed by atoms with Crippen LogP contribution in [0.3, 0.4) is 0 Å². The van der Waals surface area contributed by atoms with Gasteiger partial charge in [-0.1, -0.05) is 20.3 Å². The van der Waals surface area contributed by atoms with Crippen LogP contribution in [-0.4, -0.2) is 46.2 Å². The third-order valence-electron chi connectivity index (χ3n) is 4.67. The van der Waals surface area contributed by atoms with Gasteiger partial charge in [-0.2, -0.15) is 0 Å². The second-order valence-electron chi connectivity index (χ2n) is 6.13. The zero-order valence-electron chi connectivity index (χ0n) is 12.5. The number of carboxylic acids is 1. The van der Waals surface area contributed by atoms with Crippen LogP contribution in [0.2, 0.25) is 0 Å². The predicted molar refractivity (Wildman–Crippen MR) is 74.3 cm³/mol. The standard InChI is InChI=1S/C15H25NO4/c1-4-9(2)10(3)16(11-5-6-11)14(17)12-7-8-13(20-12)15(18)19/h9-13H,4-8H2,1-3H3,(H,18,19)/t9?,10?,12-,13+/m0/s1. The summed E-state index contributed by atoms with van der Waals surface area (Å²) in [5.74, 6) is -0.534. The highest BCUT2D eigenvalue weighted by atomic mass is 16.5. The zero-order chi connectivity index (χ0) is 14.9. The van der Waals surface area contributed by atoms with E-state index >= 15 is 0 Å². The average Bonchev–Trinajstić information content (AvgIpc) is 3.11. The summed E-state index contributed by atoms with van der Waals surface area (Å²) >= 11 is 0. The van der Waals surface area contributed by atoms with Crippen LogP contribution in [0.1, 0.15) is 52.9 Å². The molecule has 0 bridgehead atoms. The molecule has 0 spiro atoms. The van der Waals surface area contributed by atoms with E-state index in [1.165, 1.54) is 0 Å². The summed E-state index contributed by atoms with van der Waals surface area (Å²) in [6, 6.07) is 0.520. The summed E-state index contributed by atoms with van der Waals surface area (Å²) in [6.45, 7) is 6.38. The average molecular weight is 283 g/mol. The van der Waals surface area contributed by atoms with Crippen molar-refractivity contribution in [2.75, 3.05) is 0 Å². The third-order valence-corrected chi connectivity index (χ3v) is 4.67. The maximum atomic E-state index is 12.7. The van der Waals surface area contributed by atoms with Crippen molar-refractivity contribution in [2.24, 2.45) is 5.92 Å². The lowest BCUT2D eigenvalue weighted by Gasteiger charge is -2.34. The molecule has 1 heterocycles. The molecule has 1 saturated carbocycles. The number of rotatable bonds is 6.